The van der Waals surface area contributed by atoms with Crippen LogP contribution >= 0.6 is 24.0 Å². The molecule has 0 spiro atoms. The third-order valence-electron chi connectivity index (χ3n) is 1.85. The molecule has 1 aromatic heterocycles. The second kappa shape index (κ2) is 6.98. The average molecular weight is 267 g/mol. The van der Waals surface area contributed by atoms with E-state index in [1.54, 1.807) is 5.38 Å². The number of carbonyl (C=O) groups is 1. The lowest BCUT2D eigenvalue weighted by atomic mass is 10.4. The van der Waals surface area contributed by atoms with Gasteiger partial charge in [-0.2, -0.15) is 0 Å². The lowest BCUT2D eigenvalue weighted by Gasteiger charge is -1.95. The van der Waals surface area contributed by atoms with Crippen LogP contribution in [0.3, 0.4) is 0 Å². The number of rotatable bonds is 1. The predicted octanol–water partition coefficient (Wildman–Crippen LogP) is 3.09. The summed E-state index contributed by atoms with van der Waals surface area (Å²) >= 11 is 5.26. The van der Waals surface area contributed by atoms with Crippen molar-refractivity contribution in [1.29, 1.82) is 0 Å². The SMILES string of the molecule is COC(=O)c1scc(S)c1N.c1ccccc1. The molecule has 90 valence electrons. The molecule has 2 aromatic rings. The summed E-state index contributed by atoms with van der Waals surface area (Å²) in [6, 6.07) is 12.0. The molecule has 1 aromatic carbocycles. The molecule has 0 aliphatic rings. The van der Waals surface area contributed by atoms with Crippen molar-refractivity contribution in [2.24, 2.45) is 0 Å². The molecule has 0 fully saturated rings. The highest BCUT2D eigenvalue weighted by atomic mass is 32.1. The highest BCUT2D eigenvalue weighted by Gasteiger charge is 2.13. The first-order valence-electron chi connectivity index (χ1n) is 4.81. The monoisotopic (exact) mass is 267 g/mol. The van der Waals surface area contributed by atoms with Gasteiger partial charge in [0.15, 0.2) is 0 Å². The van der Waals surface area contributed by atoms with Gasteiger partial charge in [-0.1, -0.05) is 36.4 Å². The number of benzene rings is 1. The van der Waals surface area contributed by atoms with E-state index in [0.29, 0.717) is 15.5 Å². The molecule has 5 heteroatoms. The van der Waals surface area contributed by atoms with Gasteiger partial charge >= 0.3 is 5.97 Å². The molecule has 17 heavy (non-hydrogen) atoms. The normalized spacial score (nSPS) is 9.06. The van der Waals surface area contributed by atoms with Gasteiger partial charge in [0, 0.05) is 10.3 Å². The zero-order valence-corrected chi connectivity index (χ0v) is 11.0. The molecule has 0 bridgehead atoms. The van der Waals surface area contributed by atoms with Crippen molar-refractivity contribution in [1.82, 2.24) is 0 Å². The number of hydrogen-bond donors (Lipinski definition) is 2. The minimum atomic E-state index is -0.409. The summed E-state index contributed by atoms with van der Waals surface area (Å²) in [7, 11) is 1.32. The molecule has 0 atom stereocenters. The molecule has 2 N–H and O–H groups in total. The smallest absolute Gasteiger partial charge is 0.350 e. The van der Waals surface area contributed by atoms with Crippen LogP contribution in [0.1, 0.15) is 9.67 Å². The van der Waals surface area contributed by atoms with E-state index in [2.05, 4.69) is 17.4 Å². The molecule has 0 aliphatic heterocycles. The highest BCUT2D eigenvalue weighted by molar-refractivity contribution is 7.80. The Labute approximate surface area is 110 Å². The van der Waals surface area contributed by atoms with Crippen molar-refractivity contribution in [2.45, 2.75) is 4.90 Å². The number of methoxy groups -OCH3 is 1. The first-order chi connectivity index (χ1) is 8.16. The topological polar surface area (TPSA) is 52.3 Å². The zero-order chi connectivity index (χ0) is 12.7. The van der Waals surface area contributed by atoms with Gasteiger partial charge in [-0.05, 0) is 0 Å². The molecule has 2 rings (SSSR count). The Morgan fingerprint density at radius 2 is 1.71 bits per heavy atom. The van der Waals surface area contributed by atoms with Crippen LogP contribution < -0.4 is 5.73 Å². The average Bonchev–Trinajstić information content (AvgIpc) is 2.72. The van der Waals surface area contributed by atoms with E-state index in [4.69, 9.17) is 5.73 Å². The van der Waals surface area contributed by atoms with Gasteiger partial charge in [0.25, 0.3) is 0 Å². The third-order valence-corrected chi connectivity index (χ3v) is 3.37. The van der Waals surface area contributed by atoms with Crippen LogP contribution in [0, 0.1) is 0 Å². The van der Waals surface area contributed by atoms with E-state index in [0.717, 1.165) is 0 Å². The number of carbonyl (C=O) groups excluding carboxylic acids is 1. The van der Waals surface area contributed by atoms with Crippen molar-refractivity contribution < 1.29 is 9.53 Å². The predicted molar refractivity (Wildman–Crippen MR) is 73.8 cm³/mol. The number of thiol groups is 1. The number of ether oxygens (including phenoxy) is 1. The number of esters is 1. The Bertz CT molecular complexity index is 442. The van der Waals surface area contributed by atoms with Gasteiger partial charge in [-0.25, -0.2) is 4.79 Å². The molecule has 0 saturated carbocycles. The maximum absolute atomic E-state index is 10.9. The van der Waals surface area contributed by atoms with Crippen molar-refractivity contribution in [3.8, 4) is 0 Å². The molecule has 0 amide bonds. The Morgan fingerprint density at radius 1 is 1.24 bits per heavy atom. The summed E-state index contributed by atoms with van der Waals surface area (Å²) in [6.07, 6.45) is 0. The van der Waals surface area contributed by atoms with Crippen molar-refractivity contribution in [2.75, 3.05) is 12.8 Å². The molecule has 0 saturated heterocycles. The van der Waals surface area contributed by atoms with Crippen molar-refractivity contribution in [3.63, 3.8) is 0 Å². The Morgan fingerprint density at radius 3 is 2.00 bits per heavy atom. The largest absolute Gasteiger partial charge is 0.465 e. The Kier molecular flexibility index (Phi) is 5.59. The van der Waals surface area contributed by atoms with Crippen LogP contribution in [0.2, 0.25) is 0 Å². The molecular formula is C12H13NO2S2. The van der Waals surface area contributed by atoms with Crippen LogP contribution in [0.25, 0.3) is 0 Å². The zero-order valence-electron chi connectivity index (χ0n) is 9.29. The van der Waals surface area contributed by atoms with Crippen molar-refractivity contribution in [3.05, 3.63) is 46.7 Å². The minimum Gasteiger partial charge on any atom is -0.465 e. The molecular weight excluding hydrogens is 254 g/mol. The summed E-state index contributed by atoms with van der Waals surface area (Å²) in [5.74, 6) is -0.409. The molecule has 0 aliphatic carbocycles. The summed E-state index contributed by atoms with van der Waals surface area (Å²) in [5.41, 5.74) is 5.91. The fourth-order valence-corrected chi connectivity index (χ4v) is 2.11. The number of nitrogen functional groups attached to an aromatic ring is 1. The van der Waals surface area contributed by atoms with Crippen LogP contribution in [0.5, 0.6) is 0 Å². The second-order valence-electron chi connectivity index (χ2n) is 3.01. The summed E-state index contributed by atoms with van der Waals surface area (Å²) in [4.78, 5) is 12.0. The minimum absolute atomic E-state index is 0.394. The van der Waals surface area contributed by atoms with Crippen molar-refractivity contribution >= 4 is 35.6 Å². The Hall–Kier alpha value is -1.46. The fraction of sp³-hybridized carbons (Fsp3) is 0.0833. The lowest BCUT2D eigenvalue weighted by molar-refractivity contribution is 0.0607. The summed E-state index contributed by atoms with van der Waals surface area (Å²) in [5, 5.41) is 1.70. The van der Waals surface area contributed by atoms with Gasteiger partial charge in [-0.15, -0.1) is 24.0 Å². The van der Waals surface area contributed by atoms with Crippen LogP contribution in [0.15, 0.2) is 46.7 Å². The maximum Gasteiger partial charge on any atom is 0.350 e. The molecule has 3 nitrogen and oxygen atoms in total. The third kappa shape index (κ3) is 4.13. The summed E-state index contributed by atoms with van der Waals surface area (Å²) < 4.78 is 4.49. The number of hydrogen-bond acceptors (Lipinski definition) is 5. The van der Waals surface area contributed by atoms with Gasteiger partial charge < -0.3 is 10.5 Å². The first kappa shape index (κ1) is 13.6. The van der Waals surface area contributed by atoms with Crippen LogP contribution in [0.4, 0.5) is 5.69 Å². The summed E-state index contributed by atoms with van der Waals surface area (Å²) in [6.45, 7) is 0. The second-order valence-corrected chi connectivity index (χ2v) is 4.37. The molecule has 1 heterocycles. The molecule has 0 radical (unpaired) electrons. The van der Waals surface area contributed by atoms with Gasteiger partial charge in [0.1, 0.15) is 4.88 Å². The quantitative estimate of drug-likeness (QED) is 0.616. The standard InChI is InChI=1S/C6H7NO2S2.C6H6/c1-9-6(8)5-4(7)3(10)2-11-5;1-2-4-6-5-3-1/h2,10H,7H2,1H3;1-6H. The molecule has 0 unspecified atom stereocenters. The van der Waals surface area contributed by atoms with E-state index in [-0.39, 0.29) is 0 Å². The lowest BCUT2D eigenvalue weighted by Crippen LogP contribution is -2.01. The van der Waals surface area contributed by atoms with Crippen LogP contribution in [-0.4, -0.2) is 13.1 Å². The van der Waals surface area contributed by atoms with E-state index >= 15 is 0 Å². The van der Waals surface area contributed by atoms with Crippen LogP contribution in [-0.2, 0) is 4.74 Å². The number of nitrogens with two attached hydrogens (primary N) is 1. The van der Waals surface area contributed by atoms with Gasteiger partial charge in [-0.3, -0.25) is 0 Å². The number of anilines is 1. The first-order valence-corrected chi connectivity index (χ1v) is 6.13. The van der Waals surface area contributed by atoms with E-state index in [9.17, 15) is 4.79 Å². The maximum atomic E-state index is 10.9. The Balaban J connectivity index is 0.000000202. The van der Waals surface area contributed by atoms with E-state index in [1.807, 2.05) is 36.4 Å². The van der Waals surface area contributed by atoms with E-state index < -0.39 is 5.97 Å². The van der Waals surface area contributed by atoms with Gasteiger partial charge in [0.05, 0.1) is 12.8 Å². The highest BCUT2D eigenvalue weighted by Crippen LogP contribution is 2.28. The van der Waals surface area contributed by atoms with Gasteiger partial charge in [0.2, 0.25) is 0 Å². The van der Waals surface area contributed by atoms with E-state index in [1.165, 1.54) is 18.4 Å². The number of thiophene rings is 1. The fourth-order valence-electron chi connectivity index (χ4n) is 0.994.